The lowest BCUT2D eigenvalue weighted by molar-refractivity contribution is -0.133. The molecule has 1 aromatic heterocycles. The van der Waals surface area contributed by atoms with Gasteiger partial charge in [-0.15, -0.1) is 11.3 Å². The third-order valence-electron chi connectivity index (χ3n) is 3.99. The number of nitrogens with zero attached hydrogens (tertiary/aromatic N) is 2. The van der Waals surface area contributed by atoms with Gasteiger partial charge in [0.15, 0.2) is 0 Å². The Morgan fingerprint density at radius 2 is 1.80 bits per heavy atom. The lowest BCUT2D eigenvalue weighted by Gasteiger charge is -2.30. The summed E-state index contributed by atoms with van der Waals surface area (Å²) in [4.78, 5) is 29.9. The molecule has 25 heavy (non-hydrogen) atoms. The molecule has 0 bridgehead atoms. The summed E-state index contributed by atoms with van der Waals surface area (Å²) in [6, 6.07) is 3.05. The van der Waals surface area contributed by atoms with Crippen LogP contribution in [0, 0.1) is 5.92 Å². The van der Waals surface area contributed by atoms with Gasteiger partial charge in [0.25, 0.3) is 5.91 Å². The largest absolute Gasteiger partial charge is 0.340 e. The van der Waals surface area contributed by atoms with Gasteiger partial charge in [-0.3, -0.25) is 9.59 Å². The normalized spacial score (nSPS) is 12.5. The summed E-state index contributed by atoms with van der Waals surface area (Å²) in [5.41, 5.74) is 0. The third-order valence-corrected chi connectivity index (χ3v) is 5.62. The number of hydrogen-bond acceptors (Lipinski definition) is 4. The van der Waals surface area contributed by atoms with Crippen molar-refractivity contribution in [3.63, 3.8) is 0 Å². The smallest absolute Gasteiger partial charge is 0.262 e. The van der Waals surface area contributed by atoms with Gasteiger partial charge in [0.1, 0.15) is 6.04 Å². The molecule has 1 N–H and O–H groups in total. The van der Waals surface area contributed by atoms with Crippen molar-refractivity contribution in [1.29, 1.82) is 0 Å². The summed E-state index contributed by atoms with van der Waals surface area (Å²) < 4.78 is 0.900. The van der Waals surface area contributed by atoms with Crippen molar-refractivity contribution in [1.82, 2.24) is 15.1 Å². The predicted octanol–water partition coefficient (Wildman–Crippen LogP) is 3.46. The number of amides is 2. The van der Waals surface area contributed by atoms with Gasteiger partial charge in [-0.25, -0.2) is 0 Å². The molecule has 0 aliphatic carbocycles. The Bertz CT molecular complexity index is 558. The molecule has 0 aliphatic heterocycles. The summed E-state index contributed by atoms with van der Waals surface area (Å²) in [6.45, 7) is 14.4. The maximum absolute atomic E-state index is 12.8. The zero-order chi connectivity index (χ0) is 19.0. The fraction of sp³-hybridized carbons (Fsp3) is 0.667. The van der Waals surface area contributed by atoms with Gasteiger partial charge in [-0.05, 0) is 54.0 Å². The first-order chi connectivity index (χ1) is 11.8. The van der Waals surface area contributed by atoms with Crippen LogP contribution < -0.4 is 5.32 Å². The molecule has 0 saturated heterocycles. The molecule has 2 amide bonds. The predicted molar refractivity (Wildman–Crippen MR) is 108 cm³/mol. The van der Waals surface area contributed by atoms with E-state index < -0.39 is 6.04 Å². The van der Waals surface area contributed by atoms with Crippen molar-refractivity contribution in [3.05, 3.63) is 20.8 Å². The molecule has 1 unspecified atom stereocenters. The Morgan fingerprint density at radius 3 is 2.28 bits per heavy atom. The standard InChI is InChI=1S/C18H30BrN3O2S/c1-6-21(7-2)10-11-22(12-13(3)4)18(24)14(5)20-17(23)15-8-9-16(19)25-15/h8-9,13-14H,6-7,10-12H2,1-5H3,(H,20,23). The molecular formula is C18H30BrN3O2S. The van der Waals surface area contributed by atoms with Crippen LogP contribution in [0.3, 0.4) is 0 Å². The molecule has 0 radical (unpaired) electrons. The van der Waals surface area contributed by atoms with Crippen LogP contribution in [-0.2, 0) is 4.79 Å². The van der Waals surface area contributed by atoms with E-state index in [4.69, 9.17) is 0 Å². The molecule has 1 heterocycles. The van der Waals surface area contributed by atoms with Gasteiger partial charge >= 0.3 is 0 Å². The van der Waals surface area contributed by atoms with E-state index in [1.807, 2.05) is 11.0 Å². The second-order valence-corrected chi connectivity index (χ2v) is 8.97. The first-order valence-electron chi connectivity index (χ1n) is 8.85. The van der Waals surface area contributed by atoms with Crippen LogP contribution in [-0.4, -0.2) is 60.4 Å². The number of likely N-dealkylation sites (N-methyl/N-ethyl adjacent to an activating group) is 1. The van der Waals surface area contributed by atoms with Gasteiger partial charge in [-0.2, -0.15) is 0 Å². The topological polar surface area (TPSA) is 52.6 Å². The Kier molecular flexibility index (Phi) is 9.67. The Balaban J connectivity index is 2.69. The van der Waals surface area contributed by atoms with Crippen LogP contribution >= 0.6 is 27.3 Å². The van der Waals surface area contributed by atoms with Crippen LogP contribution in [0.5, 0.6) is 0 Å². The fourth-order valence-corrected chi connectivity index (χ4v) is 3.86. The second-order valence-electron chi connectivity index (χ2n) is 6.50. The monoisotopic (exact) mass is 431 g/mol. The lowest BCUT2D eigenvalue weighted by atomic mass is 10.1. The highest BCUT2D eigenvalue weighted by Gasteiger charge is 2.24. The van der Waals surface area contributed by atoms with Crippen LogP contribution in [0.15, 0.2) is 15.9 Å². The highest BCUT2D eigenvalue weighted by molar-refractivity contribution is 9.11. The van der Waals surface area contributed by atoms with Crippen molar-refractivity contribution in [2.75, 3.05) is 32.7 Å². The fourth-order valence-electron chi connectivity index (χ4n) is 2.57. The highest BCUT2D eigenvalue weighted by atomic mass is 79.9. The van der Waals surface area contributed by atoms with Crippen LogP contribution in [0.4, 0.5) is 0 Å². The summed E-state index contributed by atoms with van der Waals surface area (Å²) in [7, 11) is 0. The van der Waals surface area contributed by atoms with E-state index in [1.54, 1.807) is 13.0 Å². The van der Waals surface area contributed by atoms with E-state index in [0.29, 0.717) is 23.9 Å². The number of halogens is 1. The first kappa shape index (κ1) is 22.1. The maximum Gasteiger partial charge on any atom is 0.262 e. The SMILES string of the molecule is CCN(CC)CCN(CC(C)C)C(=O)C(C)NC(=O)c1ccc(Br)s1. The summed E-state index contributed by atoms with van der Waals surface area (Å²) >= 11 is 4.71. The maximum atomic E-state index is 12.8. The minimum Gasteiger partial charge on any atom is -0.340 e. The third kappa shape index (κ3) is 7.46. The molecule has 1 aromatic rings. The number of rotatable bonds is 10. The van der Waals surface area contributed by atoms with Crippen molar-refractivity contribution >= 4 is 39.1 Å². The van der Waals surface area contributed by atoms with Gasteiger partial charge in [-0.1, -0.05) is 27.7 Å². The van der Waals surface area contributed by atoms with Crippen LogP contribution in [0.2, 0.25) is 0 Å². The first-order valence-corrected chi connectivity index (χ1v) is 10.5. The number of carbonyl (C=O) groups is 2. The minimum atomic E-state index is -0.538. The zero-order valence-electron chi connectivity index (χ0n) is 15.8. The van der Waals surface area contributed by atoms with E-state index in [0.717, 1.165) is 23.4 Å². The molecule has 5 nitrogen and oxygen atoms in total. The Labute approximate surface area is 163 Å². The summed E-state index contributed by atoms with van der Waals surface area (Å²) in [6.07, 6.45) is 0. The quantitative estimate of drug-likeness (QED) is 0.616. The molecule has 0 aliphatic rings. The summed E-state index contributed by atoms with van der Waals surface area (Å²) in [5, 5.41) is 2.82. The molecular weight excluding hydrogens is 402 g/mol. The lowest BCUT2D eigenvalue weighted by Crippen LogP contribution is -2.49. The number of nitrogens with one attached hydrogen (secondary N) is 1. The van der Waals surface area contributed by atoms with Crippen molar-refractivity contribution < 1.29 is 9.59 Å². The zero-order valence-corrected chi connectivity index (χ0v) is 18.2. The Morgan fingerprint density at radius 1 is 1.16 bits per heavy atom. The van der Waals surface area contributed by atoms with E-state index >= 15 is 0 Å². The molecule has 0 aromatic carbocycles. The molecule has 1 rings (SSSR count). The highest BCUT2D eigenvalue weighted by Crippen LogP contribution is 2.22. The minimum absolute atomic E-state index is 0.0233. The van der Waals surface area contributed by atoms with E-state index in [1.165, 1.54) is 11.3 Å². The summed E-state index contributed by atoms with van der Waals surface area (Å²) in [5.74, 6) is 0.159. The van der Waals surface area contributed by atoms with Gasteiger partial charge in [0.2, 0.25) is 5.91 Å². The van der Waals surface area contributed by atoms with Crippen LogP contribution in [0.25, 0.3) is 0 Å². The van der Waals surface area contributed by atoms with E-state index in [-0.39, 0.29) is 11.8 Å². The van der Waals surface area contributed by atoms with Gasteiger partial charge < -0.3 is 15.1 Å². The molecule has 0 saturated carbocycles. The molecule has 142 valence electrons. The second kappa shape index (κ2) is 10.9. The average molecular weight is 432 g/mol. The Hall–Kier alpha value is -0.920. The molecule has 0 spiro atoms. The number of hydrogen-bond donors (Lipinski definition) is 1. The van der Waals surface area contributed by atoms with Crippen molar-refractivity contribution in [3.8, 4) is 0 Å². The average Bonchev–Trinajstić information content (AvgIpc) is 3.00. The molecule has 0 fully saturated rings. The van der Waals surface area contributed by atoms with Gasteiger partial charge in [0.05, 0.1) is 8.66 Å². The number of carbonyl (C=O) groups excluding carboxylic acids is 2. The van der Waals surface area contributed by atoms with Crippen molar-refractivity contribution in [2.24, 2.45) is 5.92 Å². The number of thiophene rings is 1. The van der Waals surface area contributed by atoms with E-state index in [2.05, 4.69) is 53.8 Å². The van der Waals surface area contributed by atoms with Crippen LogP contribution in [0.1, 0.15) is 44.3 Å². The van der Waals surface area contributed by atoms with Crippen molar-refractivity contribution in [2.45, 2.75) is 40.7 Å². The molecule has 1 atom stereocenters. The molecule has 7 heteroatoms. The van der Waals surface area contributed by atoms with Gasteiger partial charge in [0, 0.05) is 19.6 Å². The van der Waals surface area contributed by atoms with E-state index in [9.17, 15) is 9.59 Å².